The quantitative estimate of drug-likeness (QED) is 0.647. The van der Waals surface area contributed by atoms with Crippen molar-refractivity contribution in [3.63, 3.8) is 0 Å². The lowest BCUT2D eigenvalue weighted by molar-refractivity contribution is -0.155. The van der Waals surface area contributed by atoms with Gasteiger partial charge in [-0.05, 0) is 43.4 Å². The van der Waals surface area contributed by atoms with Crippen LogP contribution in [0.3, 0.4) is 0 Å². The van der Waals surface area contributed by atoms with Gasteiger partial charge in [0.05, 0.1) is 0 Å². The van der Waals surface area contributed by atoms with Gasteiger partial charge in [-0.25, -0.2) is 0 Å². The van der Waals surface area contributed by atoms with E-state index in [1.807, 2.05) is 62.4 Å². The van der Waals surface area contributed by atoms with Crippen LogP contribution in [0.1, 0.15) is 61.3 Å². The van der Waals surface area contributed by atoms with E-state index in [9.17, 15) is 9.59 Å². The van der Waals surface area contributed by atoms with Gasteiger partial charge in [-0.3, -0.25) is 9.59 Å². The van der Waals surface area contributed by atoms with Crippen LogP contribution in [-0.4, -0.2) is 11.9 Å². The third-order valence-corrected chi connectivity index (χ3v) is 5.47. The largest absolute Gasteiger partial charge is 0.447 e. The molecule has 0 saturated heterocycles. The van der Waals surface area contributed by atoms with Crippen molar-refractivity contribution in [1.29, 1.82) is 0 Å². The second-order valence-corrected chi connectivity index (χ2v) is 7.78. The molecule has 1 atom stereocenters. The van der Waals surface area contributed by atoms with E-state index < -0.39 is 6.10 Å². The van der Waals surface area contributed by atoms with Crippen molar-refractivity contribution in [3.05, 3.63) is 65.2 Å². The van der Waals surface area contributed by atoms with Gasteiger partial charge in [0, 0.05) is 17.7 Å². The van der Waals surface area contributed by atoms with Crippen molar-refractivity contribution >= 4 is 17.6 Å². The number of ether oxygens (including phenoxy) is 1. The van der Waals surface area contributed by atoms with Crippen molar-refractivity contribution in [2.75, 3.05) is 5.32 Å². The maximum Gasteiger partial charge on any atom is 0.306 e. The highest BCUT2D eigenvalue weighted by atomic mass is 16.5. The summed E-state index contributed by atoms with van der Waals surface area (Å²) in [5, 5.41) is 2.94. The molecule has 1 aliphatic rings. The summed E-state index contributed by atoms with van der Waals surface area (Å²) >= 11 is 0. The summed E-state index contributed by atoms with van der Waals surface area (Å²) in [5.41, 5.74) is 3.46. The zero-order valence-corrected chi connectivity index (χ0v) is 16.7. The average molecular weight is 380 g/mol. The molecule has 0 bridgehead atoms. The average Bonchev–Trinajstić information content (AvgIpc) is 3.21. The minimum Gasteiger partial charge on any atom is -0.447 e. The fourth-order valence-corrected chi connectivity index (χ4v) is 3.78. The lowest BCUT2D eigenvalue weighted by Gasteiger charge is -2.19. The Kier molecular flexibility index (Phi) is 6.85. The lowest BCUT2D eigenvalue weighted by Crippen LogP contribution is -2.26. The van der Waals surface area contributed by atoms with Crippen LogP contribution in [0, 0.1) is 19.8 Å². The molecule has 0 spiro atoms. The predicted molar refractivity (Wildman–Crippen MR) is 111 cm³/mol. The van der Waals surface area contributed by atoms with E-state index in [1.54, 1.807) is 0 Å². The van der Waals surface area contributed by atoms with E-state index in [1.165, 1.54) is 25.7 Å². The Morgan fingerprint density at radius 3 is 2.50 bits per heavy atom. The fraction of sp³-hybridized carbons (Fsp3) is 0.417. The molecule has 1 saturated carbocycles. The minimum atomic E-state index is -0.947. The first-order chi connectivity index (χ1) is 13.5. The Hall–Kier alpha value is -2.62. The predicted octanol–water partition coefficient (Wildman–Crippen LogP) is 5.50. The van der Waals surface area contributed by atoms with Gasteiger partial charge in [0.25, 0.3) is 5.91 Å². The Labute approximate surface area is 167 Å². The van der Waals surface area contributed by atoms with Crippen LogP contribution in [0.25, 0.3) is 0 Å². The second kappa shape index (κ2) is 9.54. The van der Waals surface area contributed by atoms with Crippen LogP contribution in [-0.2, 0) is 14.3 Å². The summed E-state index contributed by atoms with van der Waals surface area (Å²) in [6.45, 7) is 3.92. The minimum absolute atomic E-state index is 0.308. The van der Waals surface area contributed by atoms with E-state index in [-0.39, 0.29) is 11.9 Å². The standard InChI is InChI=1S/C24H29NO3/c1-17-12-13-18(2)21(16-17)25-24(27)23(20-10-4-3-5-11-20)28-22(26)15-14-19-8-6-7-9-19/h3-5,10-13,16,19,23H,6-9,14-15H2,1-2H3,(H,25,27)/t23-/m1/s1. The van der Waals surface area contributed by atoms with E-state index >= 15 is 0 Å². The Morgan fingerprint density at radius 1 is 1.07 bits per heavy atom. The number of carbonyl (C=O) groups excluding carboxylic acids is 2. The van der Waals surface area contributed by atoms with Gasteiger partial charge in [-0.1, -0.05) is 68.1 Å². The molecular formula is C24H29NO3. The van der Waals surface area contributed by atoms with Gasteiger partial charge < -0.3 is 10.1 Å². The van der Waals surface area contributed by atoms with E-state index in [4.69, 9.17) is 4.74 Å². The SMILES string of the molecule is Cc1ccc(C)c(NC(=O)[C@H](OC(=O)CCC2CCCC2)c2ccccc2)c1. The van der Waals surface area contributed by atoms with Crippen LogP contribution >= 0.6 is 0 Å². The van der Waals surface area contributed by atoms with Gasteiger partial charge in [-0.2, -0.15) is 0 Å². The van der Waals surface area contributed by atoms with Crippen LogP contribution < -0.4 is 5.32 Å². The molecule has 1 N–H and O–H groups in total. The number of benzene rings is 2. The van der Waals surface area contributed by atoms with Crippen LogP contribution in [0.5, 0.6) is 0 Å². The molecule has 2 aromatic rings. The summed E-state index contributed by atoms with van der Waals surface area (Å²) in [6.07, 6.45) is 5.17. The number of aryl methyl sites for hydroxylation is 2. The maximum absolute atomic E-state index is 13.0. The first-order valence-corrected chi connectivity index (χ1v) is 10.2. The van der Waals surface area contributed by atoms with Crippen molar-refractivity contribution in [2.24, 2.45) is 5.92 Å². The van der Waals surface area contributed by atoms with Gasteiger partial charge in [0.15, 0.2) is 0 Å². The number of anilines is 1. The molecule has 0 aliphatic heterocycles. The molecule has 3 rings (SSSR count). The fourth-order valence-electron chi connectivity index (χ4n) is 3.78. The zero-order chi connectivity index (χ0) is 19.9. The second-order valence-electron chi connectivity index (χ2n) is 7.78. The topological polar surface area (TPSA) is 55.4 Å². The van der Waals surface area contributed by atoms with Crippen molar-refractivity contribution in [3.8, 4) is 0 Å². The summed E-state index contributed by atoms with van der Waals surface area (Å²) < 4.78 is 5.65. The van der Waals surface area contributed by atoms with E-state index in [0.717, 1.165) is 23.2 Å². The molecule has 148 valence electrons. The number of rotatable bonds is 7. The first kappa shape index (κ1) is 20.1. The van der Waals surface area contributed by atoms with Gasteiger partial charge in [0.1, 0.15) is 0 Å². The maximum atomic E-state index is 13.0. The lowest BCUT2D eigenvalue weighted by atomic mass is 10.0. The number of esters is 1. The molecular weight excluding hydrogens is 350 g/mol. The highest BCUT2D eigenvalue weighted by Crippen LogP contribution is 2.29. The molecule has 28 heavy (non-hydrogen) atoms. The smallest absolute Gasteiger partial charge is 0.306 e. The number of nitrogens with one attached hydrogen (secondary N) is 1. The number of carbonyl (C=O) groups is 2. The molecule has 2 aromatic carbocycles. The molecule has 1 amide bonds. The molecule has 1 fully saturated rings. The third kappa shape index (κ3) is 5.44. The highest BCUT2D eigenvalue weighted by Gasteiger charge is 2.26. The van der Waals surface area contributed by atoms with Gasteiger partial charge >= 0.3 is 5.97 Å². The normalized spacial score (nSPS) is 15.2. The molecule has 0 unspecified atom stereocenters. The Bertz CT molecular complexity index is 810. The third-order valence-electron chi connectivity index (χ3n) is 5.47. The van der Waals surface area contributed by atoms with Crippen LogP contribution in [0.2, 0.25) is 0 Å². The molecule has 4 heteroatoms. The summed E-state index contributed by atoms with van der Waals surface area (Å²) in [6, 6.07) is 15.1. The molecule has 0 radical (unpaired) electrons. The van der Waals surface area contributed by atoms with Crippen LogP contribution in [0.15, 0.2) is 48.5 Å². The summed E-state index contributed by atoms with van der Waals surface area (Å²) in [4.78, 5) is 25.4. The molecule has 0 aromatic heterocycles. The van der Waals surface area contributed by atoms with Gasteiger partial charge in [0.2, 0.25) is 6.10 Å². The monoisotopic (exact) mass is 379 g/mol. The van der Waals surface area contributed by atoms with Crippen molar-refractivity contribution in [1.82, 2.24) is 0 Å². The zero-order valence-electron chi connectivity index (χ0n) is 16.7. The summed E-state index contributed by atoms with van der Waals surface area (Å²) in [5.74, 6) is -0.0162. The molecule has 0 heterocycles. The van der Waals surface area contributed by atoms with Crippen molar-refractivity contribution < 1.29 is 14.3 Å². The Balaban J connectivity index is 1.70. The number of amides is 1. The number of hydrogen-bond donors (Lipinski definition) is 1. The van der Waals surface area contributed by atoms with Crippen LogP contribution in [0.4, 0.5) is 5.69 Å². The van der Waals surface area contributed by atoms with Crippen molar-refractivity contribution in [2.45, 2.75) is 58.5 Å². The molecule has 4 nitrogen and oxygen atoms in total. The molecule has 1 aliphatic carbocycles. The van der Waals surface area contributed by atoms with E-state index in [0.29, 0.717) is 17.9 Å². The first-order valence-electron chi connectivity index (χ1n) is 10.2. The Morgan fingerprint density at radius 2 is 1.79 bits per heavy atom. The highest BCUT2D eigenvalue weighted by molar-refractivity contribution is 5.96. The summed E-state index contributed by atoms with van der Waals surface area (Å²) in [7, 11) is 0. The number of hydrogen-bond acceptors (Lipinski definition) is 3. The van der Waals surface area contributed by atoms with Gasteiger partial charge in [-0.15, -0.1) is 0 Å². The van der Waals surface area contributed by atoms with E-state index in [2.05, 4.69) is 5.32 Å².